The van der Waals surface area contributed by atoms with Gasteiger partial charge in [-0.3, -0.25) is 48.2 Å². The Morgan fingerprint density at radius 1 is 0.362 bits per heavy atom. The Labute approximate surface area is 465 Å². The Bertz CT molecular complexity index is 3090. The lowest BCUT2D eigenvalue weighted by Crippen LogP contribution is -2.46. The van der Waals surface area contributed by atoms with Crippen molar-refractivity contribution in [2.75, 3.05) is 91.6 Å². The lowest BCUT2D eigenvalue weighted by molar-refractivity contribution is 0.0914. The van der Waals surface area contributed by atoms with E-state index in [1.54, 1.807) is 17.1 Å². The van der Waals surface area contributed by atoms with E-state index in [1.807, 2.05) is 4.90 Å². The van der Waals surface area contributed by atoms with Gasteiger partial charge in [0.25, 0.3) is 56.3 Å². The summed E-state index contributed by atoms with van der Waals surface area (Å²) in [5, 5.41) is 67.2. The molecule has 0 saturated heterocycles. The lowest BCUT2D eigenvalue weighted by atomic mass is 9.94. The Morgan fingerprint density at radius 3 is 0.838 bits per heavy atom. The van der Waals surface area contributed by atoms with Gasteiger partial charge in [0.05, 0.1) is 49.4 Å². The molecule has 4 aromatic carbocycles. The maximum Gasteiger partial charge on any atom is 0.261 e. The highest BCUT2D eigenvalue weighted by atomic mass is 35.7. The Morgan fingerprint density at radius 2 is 0.588 bits per heavy atom. The molecule has 3 aliphatic rings. The Kier molecular flexibility index (Phi) is 20.5. The summed E-state index contributed by atoms with van der Waals surface area (Å²) >= 11 is 0. The smallest absolute Gasteiger partial charge is 0.261 e. The van der Waals surface area contributed by atoms with E-state index in [0.29, 0.717) is 0 Å². The zero-order valence-electron chi connectivity index (χ0n) is 43.4. The minimum atomic E-state index is -4.58. The molecule has 0 radical (unpaired) electrons. The van der Waals surface area contributed by atoms with Gasteiger partial charge in [-0.15, -0.1) is 0 Å². The van der Waals surface area contributed by atoms with Crippen molar-refractivity contribution in [1.29, 1.82) is 0 Å². The topological polar surface area (TPSA) is 354 Å². The van der Waals surface area contributed by atoms with Gasteiger partial charge in [-0.05, 0) is 86.1 Å². The molecule has 12 N–H and O–H groups in total. The van der Waals surface area contributed by atoms with Crippen molar-refractivity contribution in [3.8, 4) is 23.0 Å². The average molecular weight is 1140 g/mol. The number of fused-ring (bicyclic) bond motifs is 20. The molecule has 0 spiro atoms. The molecule has 8 amide bonds. The predicted octanol–water partition coefficient (Wildman–Crippen LogP) is 1.37. The molecule has 0 aromatic heterocycles. The Hall–Kier alpha value is -8.26. The number of para-hydroxylation sites is 3. The molecule has 2 atom stereocenters. The van der Waals surface area contributed by atoms with Crippen molar-refractivity contribution in [2.45, 2.75) is 30.6 Å². The molecule has 426 valence electrons. The van der Waals surface area contributed by atoms with E-state index in [2.05, 4.69) is 42.5 Å². The number of halogens is 1. The number of aromatic hydroxyl groups is 4. The van der Waals surface area contributed by atoms with Gasteiger partial charge in [0.1, 0.15) is 23.0 Å². The third-order valence-corrected chi connectivity index (χ3v) is 15.2. The zero-order valence-corrected chi connectivity index (χ0v) is 45.0. The summed E-state index contributed by atoms with van der Waals surface area (Å²) in [6, 6.07) is 14.2. The minimum Gasteiger partial charge on any atom is -0.506 e. The zero-order chi connectivity index (χ0) is 57.5. The number of nitrogens with zero attached hydrogens (tertiary/aromatic N) is 2. The van der Waals surface area contributed by atoms with Gasteiger partial charge in [0, 0.05) is 102 Å². The van der Waals surface area contributed by atoms with Crippen molar-refractivity contribution < 1.29 is 67.2 Å². The third-order valence-electron chi connectivity index (χ3n) is 13.9. The Balaban J connectivity index is 1.33. The van der Waals surface area contributed by atoms with Gasteiger partial charge in [-0.1, -0.05) is 30.4 Å². The van der Waals surface area contributed by atoms with Crippen molar-refractivity contribution in [2.24, 2.45) is 11.8 Å². The van der Waals surface area contributed by atoms with Crippen LogP contribution in [0.15, 0.2) is 83.8 Å². The number of amides is 8. The first kappa shape index (κ1) is 59.4. The van der Waals surface area contributed by atoms with E-state index in [9.17, 15) is 67.2 Å². The summed E-state index contributed by atoms with van der Waals surface area (Å²) < 4.78 is 25.4. The highest BCUT2D eigenvalue weighted by Crippen LogP contribution is 2.30. The van der Waals surface area contributed by atoms with Crippen LogP contribution in [0.4, 0.5) is 0 Å². The fourth-order valence-corrected chi connectivity index (χ4v) is 10.1. The van der Waals surface area contributed by atoms with Gasteiger partial charge in [-0.2, -0.15) is 0 Å². The molecular weight excluding hydrogens is 1080 g/mol. The normalized spacial score (nSPS) is 21.8. The molecule has 2 unspecified atom stereocenters. The van der Waals surface area contributed by atoms with Crippen LogP contribution in [0.2, 0.25) is 0 Å². The van der Waals surface area contributed by atoms with Gasteiger partial charge in [0.15, 0.2) is 0 Å². The summed E-state index contributed by atoms with van der Waals surface area (Å²) in [6.07, 6.45) is 4.38. The highest BCUT2D eigenvalue weighted by Gasteiger charge is 2.27. The van der Waals surface area contributed by atoms with Crippen molar-refractivity contribution >= 4 is 67.0 Å². The number of phenols is 4. The fraction of sp³-hybridized carbons (Fsp3) is 0.370. The molecule has 12 bridgehead atoms. The third kappa shape index (κ3) is 15.5. The molecule has 24 nitrogen and oxygen atoms in total. The number of carbonyl (C=O) groups excluding carboxylic acids is 8. The lowest BCUT2D eigenvalue weighted by Gasteiger charge is -2.28. The van der Waals surface area contributed by atoms with E-state index in [1.165, 1.54) is 54.6 Å². The van der Waals surface area contributed by atoms with Crippen LogP contribution in [0.25, 0.3) is 0 Å². The van der Waals surface area contributed by atoms with Crippen molar-refractivity contribution in [1.82, 2.24) is 52.3 Å². The number of rotatable bonds is 1. The number of nitrogens with one attached hydrogen (secondary N) is 8. The minimum absolute atomic E-state index is 0.0147. The predicted molar refractivity (Wildman–Crippen MR) is 292 cm³/mol. The van der Waals surface area contributed by atoms with Crippen LogP contribution in [0, 0.1) is 11.8 Å². The van der Waals surface area contributed by atoms with Crippen LogP contribution < -0.4 is 42.5 Å². The molecule has 3 aliphatic heterocycles. The fourth-order valence-electron chi connectivity index (χ4n) is 9.32. The second kappa shape index (κ2) is 27.6. The van der Waals surface area contributed by atoms with Gasteiger partial charge in [0.2, 0.25) is 0 Å². The second-order valence-corrected chi connectivity index (χ2v) is 21.8. The summed E-state index contributed by atoms with van der Waals surface area (Å²) in [6.45, 7) is 0.343. The second-order valence-electron chi connectivity index (χ2n) is 19.2. The molecular formula is C54H63ClN10O14S. The van der Waals surface area contributed by atoms with Crippen LogP contribution in [0.1, 0.15) is 109 Å². The molecule has 26 heteroatoms. The van der Waals surface area contributed by atoms with Crippen LogP contribution in [0.5, 0.6) is 23.0 Å². The molecule has 4 aromatic rings. The van der Waals surface area contributed by atoms with Crippen LogP contribution >= 0.6 is 10.7 Å². The number of carbonyl (C=O) groups is 8. The number of hydrogen-bond donors (Lipinski definition) is 12. The van der Waals surface area contributed by atoms with Crippen LogP contribution in [-0.2, 0) is 9.05 Å². The van der Waals surface area contributed by atoms with Gasteiger partial charge in [-0.25, -0.2) is 8.42 Å². The molecule has 7 rings (SSSR count). The summed E-state index contributed by atoms with van der Waals surface area (Å²) in [4.78, 5) is 113. The summed E-state index contributed by atoms with van der Waals surface area (Å²) in [5.41, 5.74) is -2.17. The maximum atomic E-state index is 13.9. The largest absolute Gasteiger partial charge is 0.506 e. The van der Waals surface area contributed by atoms with Crippen molar-refractivity contribution in [3.63, 3.8) is 0 Å². The van der Waals surface area contributed by atoms with E-state index in [-0.39, 0.29) is 151 Å². The average Bonchev–Trinajstić information content (AvgIpc) is 3.41. The SMILES string of the molecule is O=C1NCCC2/C=C/C3CCNC(=O)c4cccc(c4O)C(=O)NCCN(CCNC(=O)c4cc(S(=O)(=O)Cl)cc(c4O)C(=O)NCC3)CCN(CCNC(=O)c3cccc1c3O)CCNC(=O)c1cccc(c1O)C(=O)NCC2. The molecule has 0 saturated carbocycles. The van der Waals surface area contributed by atoms with E-state index >= 15 is 0 Å². The number of hydrogen-bond acceptors (Lipinski definition) is 16. The van der Waals surface area contributed by atoms with E-state index in [0.717, 1.165) is 12.1 Å². The first-order chi connectivity index (χ1) is 38.3. The van der Waals surface area contributed by atoms with Crippen molar-refractivity contribution in [3.05, 3.63) is 123 Å². The van der Waals surface area contributed by atoms with Gasteiger partial charge >= 0.3 is 0 Å². The number of allylic oxidation sites excluding steroid dienone is 2. The van der Waals surface area contributed by atoms with Crippen LogP contribution in [0.3, 0.4) is 0 Å². The first-order valence-electron chi connectivity index (χ1n) is 26.0. The van der Waals surface area contributed by atoms with Crippen LogP contribution in [-0.4, -0.2) is 178 Å². The van der Waals surface area contributed by atoms with Gasteiger partial charge < -0.3 is 63.0 Å². The number of benzene rings is 4. The molecule has 80 heavy (non-hydrogen) atoms. The highest BCUT2D eigenvalue weighted by molar-refractivity contribution is 8.13. The molecule has 0 aliphatic carbocycles. The van der Waals surface area contributed by atoms with E-state index in [4.69, 9.17) is 10.7 Å². The molecule has 0 fully saturated rings. The quantitative estimate of drug-likeness (QED) is 0.0946. The number of phenolic OH excluding ortho intramolecular Hbond substituents is 4. The maximum absolute atomic E-state index is 13.9. The standard InChI is InChI=1S/C54H63ClN10O14S/c55-80(78,79)34-30-41-46(69)42(31-34)54(77)63-23-27-65-26-22-62-52(75)40-9-3-6-37(45(40)68)49(72)58-18-14-33(15-19-59-53(41)76)11-10-32-12-16-56-47(70)35-4-1-7-38(43(35)66)50(73)60-20-24-64(28-29-65)25-21-61-51(74)39-8-2-5-36(44(39)67)48(71)57-17-13-32/h1-11,30-33,66-69H,12-29H2,(H,56,70)(H,57,71)(H,58,72)(H,59,76)(H,60,73)(H,61,74)(H,62,75)(H,63,77)/b11-10+. The summed E-state index contributed by atoms with van der Waals surface area (Å²) in [7, 11) is 1.17. The monoisotopic (exact) mass is 1140 g/mol. The summed E-state index contributed by atoms with van der Waals surface area (Å²) in [5.74, 6) is -9.48. The first-order valence-corrected chi connectivity index (χ1v) is 28.3. The van der Waals surface area contributed by atoms with E-state index < -0.39 is 107 Å². The molecule has 3 heterocycles.